The molecule has 0 bridgehead atoms. The number of aliphatic carboxylic acids is 1. The quantitative estimate of drug-likeness (QED) is 0.770. The van der Waals surface area contributed by atoms with Crippen molar-refractivity contribution in [2.24, 2.45) is 0 Å². The molecule has 2 N–H and O–H groups in total. The second-order valence-corrected chi connectivity index (χ2v) is 3.05. The molecule has 1 atom stereocenters. The number of nitrogens with one attached hydrogen (secondary N) is 1. The molecule has 0 saturated heterocycles. The minimum Gasteiger partial charge on any atom is -0.480 e. The second kappa shape index (κ2) is 4.72. The first-order valence-electron chi connectivity index (χ1n) is 4.30. The van der Waals surface area contributed by atoms with Crippen LogP contribution in [0.2, 0.25) is 0 Å². The van der Waals surface area contributed by atoms with Crippen LogP contribution in [0.1, 0.15) is 18.5 Å². The van der Waals surface area contributed by atoms with Crippen molar-refractivity contribution in [3.05, 3.63) is 35.6 Å². The van der Waals surface area contributed by atoms with E-state index in [2.05, 4.69) is 5.32 Å². The third-order valence-electron chi connectivity index (χ3n) is 1.93. The molecule has 0 aliphatic heterocycles. The van der Waals surface area contributed by atoms with Gasteiger partial charge in [-0.25, -0.2) is 4.39 Å². The molecule has 0 radical (unpaired) electrons. The lowest BCUT2D eigenvalue weighted by molar-refractivity contribution is -0.136. The Bertz CT molecular complexity index is 310. The van der Waals surface area contributed by atoms with Crippen LogP contribution in [0, 0.1) is 5.82 Å². The molecule has 0 aliphatic rings. The zero-order chi connectivity index (χ0) is 10.6. The van der Waals surface area contributed by atoms with Gasteiger partial charge in [-0.15, -0.1) is 0 Å². The molecule has 0 amide bonds. The van der Waals surface area contributed by atoms with Crippen molar-refractivity contribution >= 4 is 5.97 Å². The number of carbonyl (C=O) groups is 1. The van der Waals surface area contributed by atoms with E-state index < -0.39 is 5.97 Å². The van der Waals surface area contributed by atoms with Gasteiger partial charge in [-0.3, -0.25) is 4.79 Å². The zero-order valence-corrected chi connectivity index (χ0v) is 7.83. The largest absolute Gasteiger partial charge is 0.480 e. The maximum absolute atomic E-state index is 12.5. The maximum Gasteiger partial charge on any atom is 0.317 e. The van der Waals surface area contributed by atoms with Crippen molar-refractivity contribution < 1.29 is 14.3 Å². The average Bonchev–Trinajstić information content (AvgIpc) is 2.15. The summed E-state index contributed by atoms with van der Waals surface area (Å²) >= 11 is 0. The van der Waals surface area contributed by atoms with Gasteiger partial charge in [0.05, 0.1) is 6.54 Å². The number of halogens is 1. The van der Waals surface area contributed by atoms with Gasteiger partial charge in [-0.05, 0) is 24.6 Å². The molecule has 1 aromatic carbocycles. The van der Waals surface area contributed by atoms with Crippen LogP contribution >= 0.6 is 0 Å². The third kappa shape index (κ3) is 3.14. The van der Waals surface area contributed by atoms with Crippen molar-refractivity contribution in [3.8, 4) is 0 Å². The normalized spacial score (nSPS) is 12.4. The van der Waals surface area contributed by atoms with Gasteiger partial charge in [0.15, 0.2) is 0 Å². The number of carboxylic acids is 1. The van der Waals surface area contributed by atoms with Gasteiger partial charge >= 0.3 is 5.97 Å². The van der Waals surface area contributed by atoms with Gasteiger partial charge in [0, 0.05) is 6.04 Å². The highest BCUT2D eigenvalue weighted by molar-refractivity contribution is 5.69. The van der Waals surface area contributed by atoms with E-state index in [1.54, 1.807) is 12.1 Å². The molecule has 0 fully saturated rings. The highest BCUT2D eigenvalue weighted by atomic mass is 19.1. The predicted molar refractivity (Wildman–Crippen MR) is 50.5 cm³/mol. The molecular weight excluding hydrogens is 185 g/mol. The molecule has 1 aromatic rings. The SMILES string of the molecule is CC(NCC(=O)O)c1ccc(F)cc1. The predicted octanol–water partition coefficient (Wildman–Crippen LogP) is 1.56. The molecule has 3 nitrogen and oxygen atoms in total. The summed E-state index contributed by atoms with van der Waals surface area (Å²) in [7, 11) is 0. The first-order chi connectivity index (χ1) is 6.59. The van der Waals surface area contributed by atoms with Gasteiger partial charge in [0.2, 0.25) is 0 Å². The fourth-order valence-electron chi connectivity index (χ4n) is 1.11. The molecule has 4 heteroatoms. The van der Waals surface area contributed by atoms with Crippen LogP contribution in [0.3, 0.4) is 0 Å². The first kappa shape index (κ1) is 10.7. The Balaban J connectivity index is 2.56. The Morgan fingerprint density at radius 2 is 2.07 bits per heavy atom. The molecule has 1 unspecified atom stereocenters. The lowest BCUT2D eigenvalue weighted by atomic mass is 10.1. The van der Waals surface area contributed by atoms with E-state index in [-0.39, 0.29) is 18.4 Å². The minimum absolute atomic E-state index is 0.0910. The summed E-state index contributed by atoms with van der Waals surface area (Å²) in [5.74, 6) is -1.20. The van der Waals surface area contributed by atoms with Crippen molar-refractivity contribution in [1.82, 2.24) is 5.32 Å². The molecule has 0 aliphatic carbocycles. The van der Waals surface area contributed by atoms with Crippen LogP contribution < -0.4 is 5.32 Å². The first-order valence-corrected chi connectivity index (χ1v) is 4.30. The van der Waals surface area contributed by atoms with E-state index in [9.17, 15) is 9.18 Å². The third-order valence-corrected chi connectivity index (χ3v) is 1.93. The van der Waals surface area contributed by atoms with Crippen LogP contribution in [0.5, 0.6) is 0 Å². The number of benzene rings is 1. The summed E-state index contributed by atoms with van der Waals surface area (Å²) < 4.78 is 12.5. The van der Waals surface area contributed by atoms with Crippen molar-refractivity contribution in [2.45, 2.75) is 13.0 Å². The molecule has 1 rings (SSSR count). The highest BCUT2D eigenvalue weighted by Crippen LogP contribution is 2.12. The Kier molecular flexibility index (Phi) is 3.59. The molecular formula is C10H12FNO2. The Hall–Kier alpha value is -1.42. The van der Waals surface area contributed by atoms with E-state index in [1.807, 2.05) is 6.92 Å². The van der Waals surface area contributed by atoms with Gasteiger partial charge in [-0.1, -0.05) is 12.1 Å². The van der Waals surface area contributed by atoms with Gasteiger partial charge in [0.1, 0.15) is 5.82 Å². The lowest BCUT2D eigenvalue weighted by Crippen LogP contribution is -2.25. The van der Waals surface area contributed by atoms with Gasteiger partial charge in [-0.2, -0.15) is 0 Å². The maximum atomic E-state index is 12.5. The van der Waals surface area contributed by atoms with E-state index >= 15 is 0 Å². The minimum atomic E-state index is -0.904. The molecule has 0 spiro atoms. The summed E-state index contributed by atoms with van der Waals surface area (Å²) in [5.41, 5.74) is 0.868. The zero-order valence-electron chi connectivity index (χ0n) is 7.83. The van der Waals surface area contributed by atoms with Crippen molar-refractivity contribution in [1.29, 1.82) is 0 Å². The van der Waals surface area contributed by atoms with Crippen molar-refractivity contribution in [3.63, 3.8) is 0 Å². The van der Waals surface area contributed by atoms with Crippen LogP contribution in [0.4, 0.5) is 4.39 Å². The van der Waals surface area contributed by atoms with Crippen LogP contribution in [0.25, 0.3) is 0 Å². The number of carboxylic acid groups (broad SMARTS) is 1. The smallest absolute Gasteiger partial charge is 0.317 e. The van der Waals surface area contributed by atoms with Crippen LogP contribution in [-0.4, -0.2) is 17.6 Å². The topological polar surface area (TPSA) is 49.3 Å². The Labute approximate surface area is 81.6 Å². The second-order valence-electron chi connectivity index (χ2n) is 3.05. The van der Waals surface area contributed by atoms with E-state index in [4.69, 9.17) is 5.11 Å². The fourth-order valence-corrected chi connectivity index (χ4v) is 1.11. The number of rotatable bonds is 4. The molecule has 14 heavy (non-hydrogen) atoms. The monoisotopic (exact) mass is 197 g/mol. The highest BCUT2D eigenvalue weighted by Gasteiger charge is 2.06. The van der Waals surface area contributed by atoms with Gasteiger partial charge < -0.3 is 10.4 Å². The Morgan fingerprint density at radius 3 is 2.57 bits per heavy atom. The molecule has 0 aromatic heterocycles. The van der Waals surface area contributed by atoms with Crippen LogP contribution in [0.15, 0.2) is 24.3 Å². The van der Waals surface area contributed by atoms with Crippen LogP contribution in [-0.2, 0) is 4.79 Å². The summed E-state index contributed by atoms with van der Waals surface area (Å²) in [4.78, 5) is 10.3. The Morgan fingerprint density at radius 1 is 1.50 bits per heavy atom. The van der Waals surface area contributed by atoms with Crippen molar-refractivity contribution in [2.75, 3.05) is 6.54 Å². The summed E-state index contributed by atoms with van der Waals surface area (Å²) in [6, 6.07) is 5.89. The lowest BCUT2D eigenvalue weighted by Gasteiger charge is -2.12. The fraction of sp³-hybridized carbons (Fsp3) is 0.300. The van der Waals surface area contributed by atoms with E-state index in [0.29, 0.717) is 0 Å². The standard InChI is InChI=1S/C10H12FNO2/c1-7(12-6-10(13)14)8-2-4-9(11)5-3-8/h2-5,7,12H,6H2,1H3,(H,13,14). The summed E-state index contributed by atoms with van der Waals surface area (Å²) in [6.45, 7) is 1.73. The average molecular weight is 197 g/mol. The summed E-state index contributed by atoms with van der Waals surface area (Å²) in [6.07, 6.45) is 0. The van der Waals surface area contributed by atoms with Gasteiger partial charge in [0.25, 0.3) is 0 Å². The molecule has 0 saturated carbocycles. The number of hydrogen-bond acceptors (Lipinski definition) is 2. The number of hydrogen-bond donors (Lipinski definition) is 2. The molecule has 0 heterocycles. The van der Waals surface area contributed by atoms with E-state index in [0.717, 1.165) is 5.56 Å². The summed E-state index contributed by atoms with van der Waals surface area (Å²) in [5, 5.41) is 11.2. The van der Waals surface area contributed by atoms with E-state index in [1.165, 1.54) is 12.1 Å². The molecule has 76 valence electrons.